The van der Waals surface area contributed by atoms with E-state index in [2.05, 4.69) is 15.5 Å². The number of hydrogen-bond acceptors (Lipinski definition) is 6. The molecular weight excluding hydrogens is 470 g/mol. The number of nitrogens with zero attached hydrogens (tertiary/aromatic N) is 3. The molecule has 1 aromatic heterocycles. The van der Waals surface area contributed by atoms with E-state index in [4.69, 9.17) is 11.6 Å². The Morgan fingerprint density at radius 3 is 2.58 bits per heavy atom. The second-order valence-electron chi connectivity index (χ2n) is 6.76. The van der Waals surface area contributed by atoms with Gasteiger partial charge < -0.3 is 5.32 Å². The van der Waals surface area contributed by atoms with Gasteiger partial charge in [-0.2, -0.15) is 4.31 Å². The van der Waals surface area contributed by atoms with Crippen molar-refractivity contribution in [1.82, 2.24) is 14.5 Å². The summed E-state index contributed by atoms with van der Waals surface area (Å²) in [5, 5.41) is 11.1. The average Bonchev–Trinajstić information content (AvgIpc) is 3.40. The van der Waals surface area contributed by atoms with Crippen molar-refractivity contribution in [2.75, 3.05) is 11.9 Å². The minimum atomic E-state index is -3.79. The summed E-state index contributed by atoms with van der Waals surface area (Å²) in [6, 6.07) is 8.30. The van der Waals surface area contributed by atoms with E-state index in [1.165, 1.54) is 34.6 Å². The maximum Gasteiger partial charge on any atom is 0.286 e. The quantitative estimate of drug-likeness (QED) is 0.584. The molecule has 7 nitrogen and oxygen atoms in total. The van der Waals surface area contributed by atoms with Crippen LogP contribution in [0.2, 0.25) is 5.02 Å². The van der Waals surface area contributed by atoms with E-state index >= 15 is 0 Å². The smallest absolute Gasteiger partial charge is 0.286 e. The van der Waals surface area contributed by atoms with Gasteiger partial charge in [-0.15, -0.1) is 10.2 Å². The summed E-state index contributed by atoms with van der Waals surface area (Å²) < 4.78 is 53.8. The van der Waals surface area contributed by atoms with Gasteiger partial charge in [0.15, 0.2) is 11.6 Å². The minimum absolute atomic E-state index is 0.0181. The van der Waals surface area contributed by atoms with Crippen LogP contribution in [0, 0.1) is 11.6 Å². The molecule has 1 atom stereocenters. The van der Waals surface area contributed by atoms with Gasteiger partial charge in [-0.1, -0.05) is 22.9 Å². The molecule has 1 fully saturated rings. The van der Waals surface area contributed by atoms with Crippen molar-refractivity contribution >= 4 is 44.6 Å². The third kappa shape index (κ3) is 4.45. The predicted octanol–water partition coefficient (Wildman–Crippen LogP) is 4.25. The monoisotopic (exact) mass is 484 g/mol. The van der Waals surface area contributed by atoms with Gasteiger partial charge in [0.2, 0.25) is 15.0 Å². The van der Waals surface area contributed by atoms with Crippen molar-refractivity contribution in [3.8, 4) is 0 Å². The SMILES string of the molecule is O=C(Nc1ccc(F)c(F)c1)c1nnc(C2CCCN2S(=O)(=O)c2ccc(Cl)cc2)s1. The number of halogens is 3. The predicted molar refractivity (Wildman–Crippen MR) is 112 cm³/mol. The van der Waals surface area contributed by atoms with Gasteiger partial charge >= 0.3 is 0 Å². The van der Waals surface area contributed by atoms with E-state index in [1.807, 2.05) is 0 Å². The summed E-state index contributed by atoms with van der Waals surface area (Å²) >= 11 is 6.80. The van der Waals surface area contributed by atoms with Gasteiger partial charge in [0.05, 0.1) is 10.9 Å². The van der Waals surface area contributed by atoms with Crippen molar-refractivity contribution in [2.24, 2.45) is 0 Å². The third-order valence-corrected chi connectivity index (χ3v) is 7.92. The van der Waals surface area contributed by atoms with Crippen LogP contribution in [0.3, 0.4) is 0 Å². The fourth-order valence-corrected chi connectivity index (χ4v) is 5.98. The number of aromatic nitrogens is 2. The van der Waals surface area contributed by atoms with Crippen molar-refractivity contribution in [2.45, 2.75) is 23.8 Å². The molecule has 0 aliphatic carbocycles. The molecule has 2 heterocycles. The number of hydrogen-bond donors (Lipinski definition) is 1. The van der Waals surface area contributed by atoms with E-state index in [-0.39, 0.29) is 15.6 Å². The topological polar surface area (TPSA) is 92.3 Å². The highest BCUT2D eigenvalue weighted by atomic mass is 35.5. The summed E-state index contributed by atoms with van der Waals surface area (Å²) in [5.41, 5.74) is 0.0634. The molecule has 162 valence electrons. The number of nitrogens with one attached hydrogen (secondary N) is 1. The Kier molecular flexibility index (Phi) is 6.02. The summed E-state index contributed by atoms with van der Waals surface area (Å²) in [7, 11) is -3.79. The second-order valence-corrected chi connectivity index (χ2v) is 10.1. The first kappa shape index (κ1) is 21.8. The molecule has 1 amide bonds. The largest absolute Gasteiger partial charge is 0.320 e. The van der Waals surface area contributed by atoms with E-state index in [1.54, 1.807) is 0 Å². The van der Waals surface area contributed by atoms with Gasteiger partial charge in [-0.05, 0) is 49.2 Å². The molecule has 3 aromatic rings. The molecule has 2 aromatic carbocycles. The third-order valence-electron chi connectivity index (χ3n) is 4.72. The Morgan fingerprint density at radius 2 is 1.87 bits per heavy atom. The van der Waals surface area contributed by atoms with Crippen molar-refractivity contribution in [3.63, 3.8) is 0 Å². The Labute approximate surface area is 185 Å². The molecular formula is C19H15ClF2N4O3S2. The number of anilines is 1. The minimum Gasteiger partial charge on any atom is -0.320 e. The van der Waals surface area contributed by atoms with Crippen LogP contribution < -0.4 is 5.32 Å². The van der Waals surface area contributed by atoms with Gasteiger partial charge in [0.25, 0.3) is 5.91 Å². The van der Waals surface area contributed by atoms with E-state index in [0.717, 1.165) is 23.5 Å². The number of rotatable bonds is 5. The first-order chi connectivity index (χ1) is 14.8. The molecule has 4 rings (SSSR count). The maximum atomic E-state index is 13.3. The molecule has 0 bridgehead atoms. The fourth-order valence-electron chi connectivity index (χ4n) is 3.24. The van der Waals surface area contributed by atoms with Gasteiger partial charge in [-0.25, -0.2) is 17.2 Å². The summed E-state index contributed by atoms with van der Waals surface area (Å²) in [5.74, 6) is -2.77. The zero-order valence-corrected chi connectivity index (χ0v) is 18.1. The molecule has 12 heteroatoms. The summed E-state index contributed by atoms with van der Waals surface area (Å²) in [4.78, 5) is 12.5. The normalized spacial score (nSPS) is 17.1. The van der Waals surface area contributed by atoms with Crippen LogP contribution in [0.1, 0.15) is 33.7 Å². The lowest BCUT2D eigenvalue weighted by Crippen LogP contribution is -2.30. The average molecular weight is 485 g/mol. The molecule has 1 aliphatic rings. The lowest BCUT2D eigenvalue weighted by Gasteiger charge is -2.22. The number of benzene rings is 2. The second kappa shape index (κ2) is 8.58. The fraction of sp³-hybridized carbons (Fsp3) is 0.211. The van der Waals surface area contributed by atoms with E-state index in [9.17, 15) is 22.0 Å². The van der Waals surface area contributed by atoms with Crippen LogP contribution in [0.15, 0.2) is 47.4 Å². The van der Waals surface area contributed by atoms with Crippen LogP contribution in [-0.2, 0) is 10.0 Å². The molecule has 1 unspecified atom stereocenters. The molecule has 0 radical (unpaired) electrons. The van der Waals surface area contributed by atoms with E-state index < -0.39 is 33.6 Å². The first-order valence-corrected chi connectivity index (χ1v) is 11.8. The van der Waals surface area contributed by atoms with E-state index in [0.29, 0.717) is 29.4 Å². The molecule has 0 spiro atoms. The first-order valence-electron chi connectivity index (χ1n) is 9.13. The summed E-state index contributed by atoms with van der Waals surface area (Å²) in [6.07, 6.45) is 1.17. The highest BCUT2D eigenvalue weighted by Gasteiger charge is 2.38. The Hall–Kier alpha value is -2.47. The Balaban J connectivity index is 1.54. The van der Waals surface area contributed by atoms with Crippen LogP contribution in [-0.4, -0.2) is 35.4 Å². The lowest BCUT2D eigenvalue weighted by atomic mass is 10.2. The highest BCUT2D eigenvalue weighted by Crippen LogP contribution is 2.38. The van der Waals surface area contributed by atoms with Crippen molar-refractivity contribution < 1.29 is 22.0 Å². The van der Waals surface area contributed by atoms with Gasteiger partial charge in [0.1, 0.15) is 5.01 Å². The molecule has 31 heavy (non-hydrogen) atoms. The number of sulfonamides is 1. The Morgan fingerprint density at radius 1 is 1.13 bits per heavy atom. The van der Waals surface area contributed by atoms with Crippen LogP contribution >= 0.6 is 22.9 Å². The van der Waals surface area contributed by atoms with Crippen LogP contribution in [0.5, 0.6) is 0 Å². The lowest BCUT2D eigenvalue weighted by molar-refractivity contribution is 0.102. The molecule has 1 aliphatic heterocycles. The zero-order chi connectivity index (χ0) is 22.2. The molecule has 1 N–H and O–H groups in total. The summed E-state index contributed by atoms with van der Waals surface area (Å²) in [6.45, 7) is 0.311. The molecule has 1 saturated heterocycles. The van der Waals surface area contributed by atoms with Gasteiger partial charge in [0, 0.05) is 23.3 Å². The maximum absolute atomic E-state index is 13.3. The number of carbonyl (C=O) groups excluding carboxylic acids is 1. The molecule has 0 saturated carbocycles. The van der Waals surface area contributed by atoms with Gasteiger partial charge in [-0.3, -0.25) is 4.79 Å². The number of carbonyl (C=O) groups is 1. The van der Waals surface area contributed by atoms with Crippen molar-refractivity contribution in [1.29, 1.82) is 0 Å². The van der Waals surface area contributed by atoms with Crippen LogP contribution in [0.25, 0.3) is 0 Å². The highest BCUT2D eigenvalue weighted by molar-refractivity contribution is 7.89. The van der Waals surface area contributed by atoms with Crippen LogP contribution in [0.4, 0.5) is 14.5 Å². The number of amides is 1. The van der Waals surface area contributed by atoms with Crippen molar-refractivity contribution in [3.05, 3.63) is 69.1 Å². The zero-order valence-electron chi connectivity index (χ0n) is 15.8. The Bertz CT molecular complexity index is 1240. The standard InChI is InChI=1S/C19H15ClF2N4O3S2/c20-11-3-6-13(7-4-11)31(28,29)26-9-1-2-16(26)18-24-25-19(30-18)17(27)23-12-5-8-14(21)15(22)10-12/h3-8,10,16H,1-2,9H2,(H,23,27).